The van der Waals surface area contributed by atoms with Crippen LogP contribution in [0.4, 0.5) is 17.1 Å². The van der Waals surface area contributed by atoms with Gasteiger partial charge in [-0.05, 0) is 63.4 Å². The topological polar surface area (TPSA) is 29.3 Å². The minimum absolute atomic E-state index is 0.847. The van der Waals surface area contributed by atoms with Gasteiger partial charge in [-0.1, -0.05) is 146 Å². The number of thiazole rings is 1. The van der Waals surface area contributed by atoms with Crippen molar-refractivity contribution in [2.24, 2.45) is 0 Å². The molecule has 10 rings (SSSR count). The highest BCUT2D eigenvalue weighted by Gasteiger charge is 2.25. The first-order valence-electron chi connectivity index (χ1n) is 17.1. The van der Waals surface area contributed by atoms with Gasteiger partial charge < -0.3 is 9.32 Å². The van der Waals surface area contributed by atoms with Crippen LogP contribution in [-0.2, 0) is 0 Å². The highest BCUT2D eigenvalue weighted by Crippen LogP contribution is 2.49. The average molecular weight is 671 g/mol. The van der Waals surface area contributed by atoms with E-state index in [0.29, 0.717) is 0 Å². The molecule has 0 radical (unpaired) electrons. The lowest BCUT2D eigenvalue weighted by molar-refractivity contribution is 0.669. The highest BCUT2D eigenvalue weighted by molar-refractivity contribution is 7.21. The molecule has 0 amide bonds. The van der Waals surface area contributed by atoms with E-state index in [1.54, 1.807) is 11.3 Å². The molecule has 0 N–H and O–H groups in total. The summed E-state index contributed by atoms with van der Waals surface area (Å²) >= 11 is 1.70. The van der Waals surface area contributed by atoms with Gasteiger partial charge in [0, 0.05) is 28.4 Å². The number of furan rings is 1. The second-order valence-electron chi connectivity index (χ2n) is 12.8. The molecule has 0 atom stereocenters. The molecule has 0 saturated heterocycles. The highest BCUT2D eigenvalue weighted by atomic mass is 32.1. The molecule has 0 saturated carbocycles. The normalized spacial score (nSPS) is 11.5. The van der Waals surface area contributed by atoms with Crippen LogP contribution in [0.2, 0.25) is 0 Å². The first kappa shape index (κ1) is 29.4. The largest absolute Gasteiger partial charge is 0.456 e. The summed E-state index contributed by atoms with van der Waals surface area (Å²) in [4.78, 5) is 7.75. The van der Waals surface area contributed by atoms with Crippen LogP contribution in [0.1, 0.15) is 0 Å². The van der Waals surface area contributed by atoms with E-state index in [9.17, 15) is 0 Å². The number of rotatable bonds is 6. The van der Waals surface area contributed by atoms with Gasteiger partial charge in [-0.15, -0.1) is 11.3 Å². The maximum Gasteiger partial charge on any atom is 0.139 e. The SMILES string of the molecule is c1ccc(-c2ccc(N(c3ccc(-c4cccc5ccccc45)cc3)c3c4nc(-c5ccccc5)sc4cc4oc5ccccc5c34)cc2)cc1. The van der Waals surface area contributed by atoms with Gasteiger partial charge >= 0.3 is 0 Å². The van der Waals surface area contributed by atoms with Crippen molar-refractivity contribution in [1.82, 2.24) is 4.98 Å². The number of nitrogens with zero attached hydrogens (tertiary/aromatic N) is 2. The zero-order chi connectivity index (χ0) is 33.7. The zero-order valence-corrected chi connectivity index (χ0v) is 28.3. The Morgan fingerprint density at radius 3 is 1.80 bits per heavy atom. The second-order valence-corrected chi connectivity index (χ2v) is 13.8. The van der Waals surface area contributed by atoms with Crippen molar-refractivity contribution in [3.8, 4) is 32.8 Å². The molecule has 0 spiro atoms. The van der Waals surface area contributed by atoms with E-state index < -0.39 is 0 Å². The third kappa shape index (κ3) is 5.08. The van der Waals surface area contributed by atoms with Gasteiger partial charge in [-0.2, -0.15) is 0 Å². The summed E-state index contributed by atoms with van der Waals surface area (Å²) in [5.74, 6) is 0. The van der Waals surface area contributed by atoms with Crippen LogP contribution >= 0.6 is 11.3 Å². The average Bonchev–Trinajstić information content (AvgIpc) is 3.80. The monoisotopic (exact) mass is 670 g/mol. The van der Waals surface area contributed by atoms with E-state index >= 15 is 0 Å². The Morgan fingerprint density at radius 2 is 1.06 bits per heavy atom. The lowest BCUT2D eigenvalue weighted by Gasteiger charge is -2.27. The Balaban J connectivity index is 1.23. The molecular weight excluding hydrogens is 641 g/mol. The Kier molecular flexibility index (Phi) is 7.00. The Labute approximate surface area is 299 Å². The van der Waals surface area contributed by atoms with Gasteiger partial charge in [0.25, 0.3) is 0 Å². The summed E-state index contributed by atoms with van der Waals surface area (Å²) in [6.45, 7) is 0. The fourth-order valence-electron chi connectivity index (χ4n) is 7.28. The smallest absolute Gasteiger partial charge is 0.139 e. The van der Waals surface area contributed by atoms with Crippen molar-refractivity contribution in [3.63, 3.8) is 0 Å². The minimum atomic E-state index is 0.847. The minimum Gasteiger partial charge on any atom is -0.456 e. The third-order valence-electron chi connectivity index (χ3n) is 9.70. The Morgan fingerprint density at radius 1 is 0.471 bits per heavy atom. The molecule has 0 aliphatic heterocycles. The number of hydrogen-bond donors (Lipinski definition) is 0. The zero-order valence-electron chi connectivity index (χ0n) is 27.5. The predicted molar refractivity (Wildman–Crippen MR) is 215 cm³/mol. The lowest BCUT2D eigenvalue weighted by Crippen LogP contribution is -2.11. The van der Waals surface area contributed by atoms with E-state index in [4.69, 9.17) is 9.40 Å². The molecule has 240 valence electrons. The molecule has 4 heteroatoms. The van der Waals surface area contributed by atoms with Crippen LogP contribution in [0.25, 0.3) is 75.8 Å². The van der Waals surface area contributed by atoms with E-state index in [1.165, 1.54) is 33.0 Å². The fraction of sp³-hybridized carbons (Fsp3) is 0. The summed E-state index contributed by atoms with van der Waals surface area (Å²) in [6.07, 6.45) is 0. The first-order chi connectivity index (χ1) is 25.3. The molecule has 2 aromatic heterocycles. The van der Waals surface area contributed by atoms with E-state index in [0.717, 1.165) is 59.8 Å². The third-order valence-corrected chi connectivity index (χ3v) is 10.8. The van der Waals surface area contributed by atoms with Crippen molar-refractivity contribution in [1.29, 1.82) is 0 Å². The Hall–Kier alpha value is -6.49. The number of anilines is 3. The second kappa shape index (κ2) is 12.1. The molecule has 51 heavy (non-hydrogen) atoms. The van der Waals surface area contributed by atoms with Gasteiger partial charge in [-0.25, -0.2) is 4.98 Å². The maximum absolute atomic E-state index is 6.59. The van der Waals surface area contributed by atoms with Crippen molar-refractivity contribution < 1.29 is 4.42 Å². The van der Waals surface area contributed by atoms with Gasteiger partial charge in [0.15, 0.2) is 0 Å². The molecule has 0 bridgehead atoms. The Bertz CT molecular complexity index is 2830. The standard InChI is InChI=1S/C47H30N2OS/c1-3-12-31(13-4-1)32-22-26-36(27-23-32)49(37-28-24-34(25-29-37)39-20-11-17-33-14-7-8-18-38(33)39)46-44-40-19-9-10-21-41(40)50-42(44)30-43-45(46)48-47(51-43)35-15-5-2-6-16-35/h1-30H. The van der Waals surface area contributed by atoms with Gasteiger partial charge in [0.1, 0.15) is 21.7 Å². The number of benzene rings is 8. The number of hydrogen-bond acceptors (Lipinski definition) is 4. The quantitative estimate of drug-likeness (QED) is 0.176. The molecule has 3 nitrogen and oxygen atoms in total. The molecule has 0 aliphatic carbocycles. The van der Waals surface area contributed by atoms with E-state index in [1.807, 2.05) is 18.2 Å². The molecule has 0 fully saturated rings. The van der Waals surface area contributed by atoms with Crippen molar-refractivity contribution in [2.75, 3.05) is 4.90 Å². The first-order valence-corrected chi connectivity index (χ1v) is 17.9. The molecule has 0 aliphatic rings. The molecule has 8 aromatic carbocycles. The van der Waals surface area contributed by atoms with Gasteiger partial charge in [0.05, 0.1) is 15.8 Å². The van der Waals surface area contributed by atoms with E-state index in [2.05, 4.69) is 169 Å². The maximum atomic E-state index is 6.59. The van der Waals surface area contributed by atoms with Crippen LogP contribution in [0, 0.1) is 0 Å². The molecule has 2 heterocycles. The summed E-state index contributed by atoms with van der Waals surface area (Å²) in [5.41, 5.74) is 11.6. The van der Waals surface area contributed by atoms with Crippen LogP contribution in [-0.4, -0.2) is 4.98 Å². The summed E-state index contributed by atoms with van der Waals surface area (Å²) in [6, 6.07) is 64.4. The summed E-state index contributed by atoms with van der Waals surface area (Å²) in [5, 5.41) is 5.57. The van der Waals surface area contributed by atoms with Crippen LogP contribution in [0.3, 0.4) is 0 Å². The summed E-state index contributed by atoms with van der Waals surface area (Å²) in [7, 11) is 0. The molecule has 0 unspecified atom stereocenters. The van der Waals surface area contributed by atoms with Gasteiger partial charge in [0.2, 0.25) is 0 Å². The molecule has 10 aromatic rings. The number of para-hydroxylation sites is 1. The number of aromatic nitrogens is 1. The molecular formula is C47H30N2OS. The van der Waals surface area contributed by atoms with E-state index in [-0.39, 0.29) is 0 Å². The van der Waals surface area contributed by atoms with Crippen LogP contribution in [0.5, 0.6) is 0 Å². The predicted octanol–water partition coefficient (Wildman–Crippen LogP) is 13.8. The summed E-state index contributed by atoms with van der Waals surface area (Å²) < 4.78 is 7.66. The van der Waals surface area contributed by atoms with Gasteiger partial charge in [-0.3, -0.25) is 0 Å². The van der Waals surface area contributed by atoms with Crippen molar-refractivity contribution in [3.05, 3.63) is 182 Å². The fourth-order valence-corrected chi connectivity index (χ4v) is 8.28. The lowest BCUT2D eigenvalue weighted by atomic mass is 9.98. The van der Waals surface area contributed by atoms with Crippen LogP contribution in [0.15, 0.2) is 186 Å². The van der Waals surface area contributed by atoms with Crippen molar-refractivity contribution >= 4 is 71.3 Å². The number of fused-ring (bicyclic) bond motifs is 5. The van der Waals surface area contributed by atoms with Crippen molar-refractivity contribution in [2.45, 2.75) is 0 Å². The van der Waals surface area contributed by atoms with Crippen LogP contribution < -0.4 is 4.90 Å².